The first-order valence-corrected chi connectivity index (χ1v) is 7.96. The second kappa shape index (κ2) is 7.46. The lowest BCUT2D eigenvalue weighted by atomic mass is 9.86. The van der Waals surface area contributed by atoms with Gasteiger partial charge in [-0.3, -0.25) is 0 Å². The monoisotopic (exact) mass is 290 g/mol. The Hall–Kier alpha value is -0.795. The number of hydrogen-bond donors (Lipinski definition) is 0. The molecule has 1 unspecified atom stereocenters. The van der Waals surface area contributed by atoms with E-state index in [1.54, 1.807) is 0 Å². The average Bonchev–Trinajstić information content (AvgIpc) is 2.56. The van der Waals surface area contributed by atoms with E-state index < -0.39 is 0 Å². The van der Waals surface area contributed by atoms with E-state index in [-0.39, 0.29) is 18.3 Å². The number of hydrogen-bond acceptors (Lipinski definition) is 2. The SMILES string of the molecule is CC=CCC(/C=C/B1OC(C)(C)C(C)(C)O1)CC=C(C)C. The maximum absolute atomic E-state index is 6.00. The van der Waals surface area contributed by atoms with Gasteiger partial charge in [0.25, 0.3) is 0 Å². The third-order valence-electron chi connectivity index (χ3n) is 4.32. The minimum absolute atomic E-state index is 0.241. The van der Waals surface area contributed by atoms with Gasteiger partial charge in [-0.2, -0.15) is 0 Å². The minimum Gasteiger partial charge on any atom is -0.400 e. The Labute approximate surface area is 131 Å². The second-order valence-corrected chi connectivity index (χ2v) is 7.09. The normalized spacial score (nSPS) is 22.1. The first kappa shape index (κ1) is 18.3. The van der Waals surface area contributed by atoms with Crippen LogP contribution in [-0.4, -0.2) is 18.3 Å². The summed E-state index contributed by atoms with van der Waals surface area (Å²) in [7, 11) is -0.241. The molecule has 0 radical (unpaired) electrons. The summed E-state index contributed by atoms with van der Waals surface area (Å²) >= 11 is 0. The lowest BCUT2D eigenvalue weighted by Gasteiger charge is -2.32. The highest BCUT2D eigenvalue weighted by Crippen LogP contribution is 2.37. The van der Waals surface area contributed by atoms with E-state index in [1.807, 2.05) is 0 Å². The third-order valence-corrected chi connectivity index (χ3v) is 4.32. The molecular weight excluding hydrogens is 259 g/mol. The van der Waals surface area contributed by atoms with Gasteiger partial charge in [-0.25, -0.2) is 0 Å². The highest BCUT2D eigenvalue weighted by Gasteiger charge is 2.49. The van der Waals surface area contributed by atoms with Crippen molar-refractivity contribution in [2.45, 2.75) is 72.5 Å². The zero-order chi connectivity index (χ0) is 16.1. The van der Waals surface area contributed by atoms with E-state index in [0.29, 0.717) is 5.92 Å². The summed E-state index contributed by atoms with van der Waals surface area (Å²) in [5.74, 6) is 2.57. The largest absolute Gasteiger partial charge is 0.486 e. The minimum atomic E-state index is -0.263. The smallest absolute Gasteiger partial charge is 0.400 e. The topological polar surface area (TPSA) is 18.5 Å². The van der Waals surface area contributed by atoms with Crippen LogP contribution in [0.3, 0.4) is 0 Å². The van der Waals surface area contributed by atoms with E-state index in [9.17, 15) is 0 Å². The van der Waals surface area contributed by atoms with Crippen LogP contribution in [0, 0.1) is 5.92 Å². The molecule has 0 N–H and O–H groups in total. The van der Waals surface area contributed by atoms with Crippen LogP contribution in [0.1, 0.15) is 61.3 Å². The van der Waals surface area contributed by atoms with Gasteiger partial charge in [0.2, 0.25) is 0 Å². The molecule has 1 aliphatic heterocycles. The lowest BCUT2D eigenvalue weighted by molar-refractivity contribution is 0.00578. The molecule has 0 aromatic carbocycles. The third kappa shape index (κ3) is 5.48. The predicted molar refractivity (Wildman–Crippen MR) is 92.2 cm³/mol. The maximum atomic E-state index is 6.00. The molecule has 21 heavy (non-hydrogen) atoms. The summed E-state index contributed by atoms with van der Waals surface area (Å²) < 4.78 is 12.0. The van der Waals surface area contributed by atoms with E-state index in [4.69, 9.17) is 9.31 Å². The van der Waals surface area contributed by atoms with E-state index in [2.05, 4.69) is 78.7 Å². The predicted octanol–water partition coefficient (Wildman–Crippen LogP) is 5.11. The van der Waals surface area contributed by atoms with Crippen LogP contribution in [0.5, 0.6) is 0 Å². The van der Waals surface area contributed by atoms with Gasteiger partial charge in [-0.05, 0) is 67.2 Å². The molecule has 118 valence electrons. The molecule has 0 bridgehead atoms. The van der Waals surface area contributed by atoms with Crippen LogP contribution in [0.15, 0.2) is 35.9 Å². The zero-order valence-corrected chi connectivity index (χ0v) is 14.8. The second-order valence-electron chi connectivity index (χ2n) is 7.09. The first-order chi connectivity index (χ1) is 9.68. The van der Waals surface area contributed by atoms with Gasteiger partial charge in [0, 0.05) is 0 Å². The average molecular weight is 290 g/mol. The fourth-order valence-corrected chi connectivity index (χ4v) is 2.17. The molecule has 1 heterocycles. The van der Waals surface area contributed by atoms with Crippen molar-refractivity contribution in [1.29, 1.82) is 0 Å². The molecule has 3 heteroatoms. The zero-order valence-electron chi connectivity index (χ0n) is 14.8. The van der Waals surface area contributed by atoms with Crippen molar-refractivity contribution in [3.8, 4) is 0 Å². The summed E-state index contributed by atoms with van der Waals surface area (Å²) in [4.78, 5) is 0. The number of allylic oxidation sites excluding steroid dienone is 5. The van der Waals surface area contributed by atoms with Crippen molar-refractivity contribution in [2.75, 3.05) is 0 Å². The fraction of sp³-hybridized carbons (Fsp3) is 0.667. The molecule has 0 aliphatic carbocycles. The molecule has 0 aromatic rings. The summed E-state index contributed by atoms with van der Waals surface area (Å²) in [6.07, 6.45) is 11.0. The molecule has 1 fully saturated rings. The molecule has 0 saturated carbocycles. The van der Waals surface area contributed by atoms with Gasteiger partial charge in [-0.15, -0.1) is 0 Å². The van der Waals surface area contributed by atoms with Crippen molar-refractivity contribution < 1.29 is 9.31 Å². The van der Waals surface area contributed by atoms with E-state index in [1.165, 1.54) is 5.57 Å². The van der Waals surface area contributed by atoms with Crippen molar-refractivity contribution in [1.82, 2.24) is 0 Å². The van der Waals surface area contributed by atoms with Crippen molar-refractivity contribution in [3.63, 3.8) is 0 Å². The Morgan fingerprint density at radius 2 is 1.62 bits per heavy atom. The Kier molecular flexibility index (Phi) is 6.49. The van der Waals surface area contributed by atoms with Crippen molar-refractivity contribution in [3.05, 3.63) is 35.9 Å². The standard InChI is InChI=1S/C18H31BO2/c1-8-9-10-16(12-11-15(2)3)13-14-19-20-17(4,5)18(6,7)21-19/h8-9,11,13-14,16H,10,12H2,1-7H3/b9-8?,14-13+. The van der Waals surface area contributed by atoms with Crippen LogP contribution in [0.4, 0.5) is 0 Å². The summed E-state index contributed by atoms with van der Waals surface area (Å²) in [6, 6.07) is 0. The summed E-state index contributed by atoms with van der Waals surface area (Å²) in [5.41, 5.74) is 0.839. The molecule has 0 spiro atoms. The van der Waals surface area contributed by atoms with Gasteiger partial charge in [0.05, 0.1) is 11.2 Å². The highest BCUT2D eigenvalue weighted by molar-refractivity contribution is 6.51. The summed E-state index contributed by atoms with van der Waals surface area (Å²) in [5, 5.41) is 0. The van der Waals surface area contributed by atoms with Crippen LogP contribution < -0.4 is 0 Å². The van der Waals surface area contributed by atoms with Gasteiger partial charge in [-0.1, -0.05) is 35.9 Å². The van der Waals surface area contributed by atoms with Crippen molar-refractivity contribution in [2.24, 2.45) is 5.92 Å². The molecule has 1 rings (SSSR count). The Morgan fingerprint density at radius 1 is 1.05 bits per heavy atom. The molecular formula is C18H31BO2. The molecule has 2 nitrogen and oxygen atoms in total. The van der Waals surface area contributed by atoms with Crippen LogP contribution in [-0.2, 0) is 9.31 Å². The number of rotatable bonds is 6. The fourth-order valence-electron chi connectivity index (χ4n) is 2.17. The maximum Gasteiger partial charge on any atom is 0.486 e. The van der Waals surface area contributed by atoms with Crippen LogP contribution in [0.2, 0.25) is 0 Å². The van der Waals surface area contributed by atoms with Gasteiger partial charge in [0.15, 0.2) is 0 Å². The molecule has 1 atom stereocenters. The molecule has 0 amide bonds. The van der Waals surface area contributed by atoms with Gasteiger partial charge < -0.3 is 9.31 Å². The first-order valence-electron chi connectivity index (χ1n) is 7.96. The van der Waals surface area contributed by atoms with Crippen LogP contribution >= 0.6 is 0 Å². The quantitative estimate of drug-likeness (QED) is 0.499. The Balaban J connectivity index is 2.68. The Morgan fingerprint density at radius 3 is 2.10 bits per heavy atom. The van der Waals surface area contributed by atoms with Crippen LogP contribution in [0.25, 0.3) is 0 Å². The van der Waals surface area contributed by atoms with Crippen molar-refractivity contribution >= 4 is 7.12 Å². The molecule has 1 aliphatic rings. The molecule has 1 saturated heterocycles. The van der Waals surface area contributed by atoms with E-state index >= 15 is 0 Å². The molecule has 0 aromatic heterocycles. The van der Waals surface area contributed by atoms with Gasteiger partial charge >= 0.3 is 7.12 Å². The lowest BCUT2D eigenvalue weighted by Crippen LogP contribution is -2.41. The van der Waals surface area contributed by atoms with Gasteiger partial charge in [0.1, 0.15) is 0 Å². The summed E-state index contributed by atoms with van der Waals surface area (Å²) in [6.45, 7) is 14.7. The Bertz CT molecular complexity index is 399. The van der Waals surface area contributed by atoms with E-state index in [0.717, 1.165) is 12.8 Å². The highest BCUT2D eigenvalue weighted by atomic mass is 16.7.